The third-order valence-corrected chi connectivity index (χ3v) is 6.75. The first kappa shape index (κ1) is 20.7. The van der Waals surface area contributed by atoms with Crippen LogP contribution in [0, 0.1) is 6.92 Å². The van der Waals surface area contributed by atoms with E-state index in [-0.39, 0.29) is 5.91 Å². The number of aromatic nitrogens is 6. The van der Waals surface area contributed by atoms with Crippen LogP contribution < -0.4 is 0 Å². The Hall–Kier alpha value is -3.91. The van der Waals surface area contributed by atoms with Crippen molar-refractivity contribution >= 4 is 23.2 Å². The molecular weight excluding hydrogens is 450 g/mol. The number of benzene rings is 1. The molecule has 1 aliphatic heterocycles. The minimum Gasteiger partial charge on any atom is -0.334 e. The van der Waals surface area contributed by atoms with E-state index in [1.807, 2.05) is 53.9 Å². The highest BCUT2D eigenvalue weighted by molar-refractivity contribution is 6.32. The van der Waals surface area contributed by atoms with Gasteiger partial charge in [0.15, 0.2) is 0 Å². The van der Waals surface area contributed by atoms with E-state index in [1.165, 1.54) is 0 Å². The molecule has 0 atom stereocenters. The molecule has 1 aromatic carbocycles. The van der Waals surface area contributed by atoms with Gasteiger partial charge in [0.1, 0.15) is 16.5 Å². The van der Waals surface area contributed by atoms with E-state index in [0.717, 1.165) is 40.1 Å². The molecule has 9 heteroatoms. The van der Waals surface area contributed by atoms with Gasteiger partial charge in [0.2, 0.25) is 0 Å². The lowest BCUT2D eigenvalue weighted by Crippen LogP contribution is -2.35. The Morgan fingerprint density at radius 1 is 1.15 bits per heavy atom. The minimum absolute atomic E-state index is 0.0265. The largest absolute Gasteiger partial charge is 0.334 e. The van der Waals surface area contributed by atoms with Crippen LogP contribution in [-0.2, 0) is 20.0 Å². The fourth-order valence-corrected chi connectivity index (χ4v) is 4.97. The summed E-state index contributed by atoms with van der Waals surface area (Å²) >= 11 is 6.79. The average molecular weight is 472 g/mol. The molecule has 1 aliphatic rings. The number of aryl methyl sites for hydroxylation is 2. The van der Waals surface area contributed by atoms with E-state index in [0.29, 0.717) is 35.1 Å². The van der Waals surface area contributed by atoms with E-state index in [4.69, 9.17) is 16.6 Å². The number of halogens is 1. The molecule has 34 heavy (non-hydrogen) atoms. The molecule has 0 fully saturated rings. The van der Waals surface area contributed by atoms with Crippen LogP contribution in [0.2, 0.25) is 5.15 Å². The van der Waals surface area contributed by atoms with Crippen LogP contribution in [0.5, 0.6) is 0 Å². The van der Waals surface area contributed by atoms with Crippen molar-refractivity contribution < 1.29 is 4.79 Å². The van der Waals surface area contributed by atoms with Gasteiger partial charge in [-0.1, -0.05) is 35.9 Å². The Kier molecular flexibility index (Phi) is 4.77. The van der Waals surface area contributed by atoms with Crippen LogP contribution in [0.3, 0.4) is 0 Å². The van der Waals surface area contributed by atoms with Crippen molar-refractivity contribution in [1.82, 2.24) is 34.3 Å². The van der Waals surface area contributed by atoms with Crippen molar-refractivity contribution in [3.8, 4) is 22.4 Å². The second-order valence-corrected chi connectivity index (χ2v) is 8.95. The van der Waals surface area contributed by atoms with Gasteiger partial charge in [-0.2, -0.15) is 10.2 Å². The standard InChI is InChI=1S/C25H22ClN7O/c1-15-20(14-31(2)30-15)18-5-3-4-6-19(18)23-24(26)33-10-7-16(11-22(33)28-23)25(34)32-9-8-21-17(13-32)12-27-29-21/h3-7,10-12,14H,8-9,13H2,1-2H3,(H,27,29). The van der Waals surface area contributed by atoms with E-state index in [9.17, 15) is 4.79 Å². The van der Waals surface area contributed by atoms with Crippen molar-refractivity contribution in [3.63, 3.8) is 0 Å². The van der Waals surface area contributed by atoms with Gasteiger partial charge < -0.3 is 4.90 Å². The summed E-state index contributed by atoms with van der Waals surface area (Å²) < 4.78 is 3.61. The van der Waals surface area contributed by atoms with E-state index in [1.54, 1.807) is 23.0 Å². The Labute approximate surface area is 200 Å². The lowest BCUT2D eigenvalue weighted by Gasteiger charge is -2.26. The summed E-state index contributed by atoms with van der Waals surface area (Å²) in [7, 11) is 1.91. The SMILES string of the molecule is Cc1nn(C)cc1-c1ccccc1-c1nc2cc(C(=O)N3CCc4[nH]ncc4C3)ccn2c1Cl. The summed E-state index contributed by atoms with van der Waals surface area (Å²) in [6.07, 6.45) is 6.37. The van der Waals surface area contributed by atoms with Gasteiger partial charge in [-0.25, -0.2) is 4.98 Å². The molecule has 6 rings (SSSR count). The highest BCUT2D eigenvalue weighted by Gasteiger charge is 2.24. The maximum atomic E-state index is 13.2. The fourth-order valence-electron chi connectivity index (χ4n) is 4.69. The fraction of sp³-hybridized carbons (Fsp3) is 0.200. The van der Waals surface area contributed by atoms with Crippen molar-refractivity contribution in [2.24, 2.45) is 7.05 Å². The molecule has 0 spiro atoms. The molecule has 5 aromatic rings. The third kappa shape index (κ3) is 3.30. The topological polar surface area (TPSA) is 84.1 Å². The number of amides is 1. The number of nitrogens with one attached hydrogen (secondary N) is 1. The second kappa shape index (κ2) is 7.85. The van der Waals surface area contributed by atoms with Gasteiger partial charge in [0.25, 0.3) is 5.91 Å². The summed E-state index contributed by atoms with van der Waals surface area (Å²) in [5, 5.41) is 12.1. The first-order valence-electron chi connectivity index (χ1n) is 11.1. The number of carbonyl (C=O) groups excluding carboxylic acids is 1. The summed E-state index contributed by atoms with van der Waals surface area (Å²) in [6.45, 7) is 3.19. The number of carbonyl (C=O) groups is 1. The molecule has 0 unspecified atom stereocenters. The summed E-state index contributed by atoms with van der Waals surface area (Å²) in [6, 6.07) is 11.6. The lowest BCUT2D eigenvalue weighted by atomic mass is 9.99. The quantitative estimate of drug-likeness (QED) is 0.425. The normalized spacial score (nSPS) is 13.4. The van der Waals surface area contributed by atoms with Gasteiger partial charge in [0, 0.05) is 66.9 Å². The molecule has 1 N–H and O–H groups in total. The van der Waals surface area contributed by atoms with Crippen LogP contribution in [0.4, 0.5) is 0 Å². The Morgan fingerprint density at radius 2 is 1.97 bits per heavy atom. The molecule has 0 radical (unpaired) electrons. The van der Waals surface area contributed by atoms with E-state index in [2.05, 4.69) is 21.4 Å². The van der Waals surface area contributed by atoms with Gasteiger partial charge in [-0.3, -0.25) is 19.0 Å². The zero-order chi connectivity index (χ0) is 23.4. The molecule has 170 valence electrons. The summed E-state index contributed by atoms with van der Waals surface area (Å²) in [4.78, 5) is 19.9. The zero-order valence-corrected chi connectivity index (χ0v) is 19.5. The molecule has 0 aliphatic carbocycles. The number of imidazole rings is 1. The highest BCUT2D eigenvalue weighted by Crippen LogP contribution is 2.37. The lowest BCUT2D eigenvalue weighted by molar-refractivity contribution is 0.0734. The van der Waals surface area contributed by atoms with Crippen molar-refractivity contribution in [1.29, 1.82) is 0 Å². The zero-order valence-electron chi connectivity index (χ0n) is 18.8. The summed E-state index contributed by atoms with van der Waals surface area (Å²) in [5.74, 6) is -0.0265. The Balaban J connectivity index is 1.39. The monoisotopic (exact) mass is 471 g/mol. The number of nitrogens with zero attached hydrogens (tertiary/aromatic N) is 6. The number of hydrogen-bond acceptors (Lipinski definition) is 4. The maximum absolute atomic E-state index is 13.2. The molecular formula is C25H22ClN7O. The molecule has 1 amide bonds. The molecule has 4 aromatic heterocycles. The number of rotatable bonds is 3. The van der Waals surface area contributed by atoms with E-state index < -0.39 is 0 Å². The second-order valence-electron chi connectivity index (χ2n) is 8.59. The van der Waals surface area contributed by atoms with Crippen LogP contribution >= 0.6 is 11.6 Å². The predicted molar refractivity (Wildman–Crippen MR) is 130 cm³/mol. The molecule has 0 bridgehead atoms. The Morgan fingerprint density at radius 3 is 2.76 bits per heavy atom. The highest BCUT2D eigenvalue weighted by atomic mass is 35.5. The molecule has 0 saturated carbocycles. The molecule has 0 saturated heterocycles. The first-order chi connectivity index (χ1) is 16.5. The molecule has 5 heterocycles. The van der Waals surface area contributed by atoms with Crippen molar-refractivity contribution in [2.45, 2.75) is 19.9 Å². The van der Waals surface area contributed by atoms with Crippen molar-refractivity contribution in [2.75, 3.05) is 6.54 Å². The van der Waals surface area contributed by atoms with Crippen LogP contribution in [-0.4, -0.2) is 46.7 Å². The number of pyridine rings is 1. The smallest absolute Gasteiger partial charge is 0.254 e. The van der Waals surface area contributed by atoms with Crippen LogP contribution in [0.25, 0.3) is 28.0 Å². The number of hydrogen-bond donors (Lipinski definition) is 1. The Bertz CT molecular complexity index is 1560. The van der Waals surface area contributed by atoms with Crippen LogP contribution in [0.1, 0.15) is 27.3 Å². The van der Waals surface area contributed by atoms with Gasteiger partial charge in [0.05, 0.1) is 11.9 Å². The maximum Gasteiger partial charge on any atom is 0.254 e. The van der Waals surface area contributed by atoms with E-state index >= 15 is 0 Å². The van der Waals surface area contributed by atoms with Gasteiger partial charge in [-0.05, 0) is 24.6 Å². The van der Waals surface area contributed by atoms with Gasteiger partial charge >= 0.3 is 0 Å². The molecule has 8 nitrogen and oxygen atoms in total. The minimum atomic E-state index is -0.0265. The van der Waals surface area contributed by atoms with Crippen LogP contribution in [0.15, 0.2) is 55.0 Å². The predicted octanol–water partition coefficient (Wildman–Crippen LogP) is 4.29. The number of fused-ring (bicyclic) bond motifs is 2. The van der Waals surface area contributed by atoms with Gasteiger partial charge in [-0.15, -0.1) is 0 Å². The number of H-pyrrole nitrogens is 1. The first-order valence-corrected chi connectivity index (χ1v) is 11.5. The van der Waals surface area contributed by atoms with Crippen molar-refractivity contribution in [3.05, 3.63) is 82.7 Å². The summed E-state index contributed by atoms with van der Waals surface area (Å²) in [5.41, 5.74) is 7.96. The number of aromatic amines is 1. The average Bonchev–Trinajstić information content (AvgIpc) is 3.54. The third-order valence-electron chi connectivity index (χ3n) is 6.39.